The van der Waals surface area contributed by atoms with Crippen molar-refractivity contribution in [1.29, 1.82) is 0 Å². The van der Waals surface area contributed by atoms with Crippen LogP contribution >= 0.6 is 0 Å². The highest BCUT2D eigenvalue weighted by molar-refractivity contribution is 5.93. The first-order valence-electron chi connectivity index (χ1n) is 5.76. The summed E-state index contributed by atoms with van der Waals surface area (Å²) in [4.78, 5) is 11.7. The standard InChI is InChI=1S/C13H14N6O/c14-12(15)19-13(16)18-9-4-3-5-10(8-9)20-11-6-1-2-7-17-11/h1-8H,(H6,14,15,16,18,19). The maximum Gasteiger partial charge on any atom is 0.223 e. The first-order chi connectivity index (χ1) is 9.63. The molecule has 0 unspecified atom stereocenters. The molecule has 1 aromatic heterocycles. The summed E-state index contributed by atoms with van der Waals surface area (Å²) in [5, 5.41) is 0. The molecule has 0 radical (unpaired) electrons. The minimum absolute atomic E-state index is 0.0278. The molecule has 0 amide bonds. The Morgan fingerprint density at radius 1 is 1.05 bits per heavy atom. The molecule has 0 aliphatic rings. The summed E-state index contributed by atoms with van der Waals surface area (Å²) in [6.45, 7) is 0. The number of nitrogens with zero attached hydrogens (tertiary/aromatic N) is 3. The van der Waals surface area contributed by atoms with Crippen molar-refractivity contribution in [3.8, 4) is 11.6 Å². The Balaban J connectivity index is 2.18. The van der Waals surface area contributed by atoms with Gasteiger partial charge in [-0.3, -0.25) is 0 Å². The lowest BCUT2D eigenvalue weighted by Gasteiger charge is -2.04. The predicted molar refractivity (Wildman–Crippen MR) is 77.8 cm³/mol. The van der Waals surface area contributed by atoms with E-state index in [9.17, 15) is 0 Å². The number of ether oxygens (including phenoxy) is 1. The van der Waals surface area contributed by atoms with Crippen LogP contribution in [0.1, 0.15) is 0 Å². The number of nitrogens with two attached hydrogens (primary N) is 3. The predicted octanol–water partition coefficient (Wildman–Crippen LogP) is 1.09. The first-order valence-corrected chi connectivity index (χ1v) is 5.76. The van der Waals surface area contributed by atoms with Crippen molar-refractivity contribution in [1.82, 2.24) is 4.98 Å². The molecule has 0 saturated carbocycles. The van der Waals surface area contributed by atoms with Gasteiger partial charge in [-0.15, -0.1) is 0 Å². The maximum atomic E-state index is 5.58. The number of aromatic nitrogens is 1. The summed E-state index contributed by atoms with van der Waals surface area (Å²) >= 11 is 0. The van der Waals surface area contributed by atoms with Crippen LogP contribution in [0.25, 0.3) is 0 Å². The van der Waals surface area contributed by atoms with Crippen LogP contribution in [-0.4, -0.2) is 16.9 Å². The molecule has 1 heterocycles. The van der Waals surface area contributed by atoms with E-state index in [1.807, 2.05) is 12.1 Å². The van der Waals surface area contributed by atoms with Gasteiger partial charge in [0.1, 0.15) is 5.75 Å². The molecule has 7 heteroatoms. The van der Waals surface area contributed by atoms with E-state index >= 15 is 0 Å². The van der Waals surface area contributed by atoms with Crippen LogP contribution in [-0.2, 0) is 0 Å². The van der Waals surface area contributed by atoms with Crippen molar-refractivity contribution in [2.45, 2.75) is 0 Å². The van der Waals surface area contributed by atoms with E-state index in [0.717, 1.165) is 0 Å². The quantitative estimate of drug-likeness (QED) is 0.568. The van der Waals surface area contributed by atoms with Crippen LogP contribution in [0.15, 0.2) is 58.6 Å². The van der Waals surface area contributed by atoms with E-state index in [4.69, 9.17) is 21.9 Å². The molecule has 6 N–H and O–H groups in total. The van der Waals surface area contributed by atoms with Gasteiger partial charge in [-0.05, 0) is 18.2 Å². The van der Waals surface area contributed by atoms with E-state index < -0.39 is 0 Å². The maximum absolute atomic E-state index is 5.58. The van der Waals surface area contributed by atoms with Gasteiger partial charge < -0.3 is 21.9 Å². The Morgan fingerprint density at radius 2 is 1.90 bits per heavy atom. The molecular formula is C13H14N6O. The number of rotatable bonds is 3. The molecule has 0 aliphatic carbocycles. The lowest BCUT2D eigenvalue weighted by molar-refractivity contribution is 0.463. The number of benzene rings is 1. The molecule has 0 aliphatic heterocycles. The number of aliphatic imine (C=N–C) groups is 2. The molecule has 0 atom stereocenters. The number of guanidine groups is 2. The van der Waals surface area contributed by atoms with E-state index in [1.165, 1.54) is 0 Å². The van der Waals surface area contributed by atoms with E-state index in [-0.39, 0.29) is 11.9 Å². The topological polar surface area (TPSA) is 125 Å². The van der Waals surface area contributed by atoms with Crippen LogP contribution in [0.3, 0.4) is 0 Å². The smallest absolute Gasteiger partial charge is 0.223 e. The van der Waals surface area contributed by atoms with E-state index in [2.05, 4.69) is 15.0 Å². The van der Waals surface area contributed by atoms with E-state index in [0.29, 0.717) is 17.3 Å². The zero-order chi connectivity index (χ0) is 14.4. The van der Waals surface area contributed by atoms with Gasteiger partial charge in [0.2, 0.25) is 11.8 Å². The highest BCUT2D eigenvalue weighted by Gasteiger charge is 1.99. The summed E-state index contributed by atoms with van der Waals surface area (Å²) in [5.74, 6) is 0.903. The third-order valence-electron chi connectivity index (χ3n) is 2.17. The van der Waals surface area contributed by atoms with Crippen LogP contribution in [0.2, 0.25) is 0 Å². The molecule has 2 rings (SSSR count). The van der Waals surface area contributed by atoms with Crippen molar-refractivity contribution in [3.05, 3.63) is 48.7 Å². The van der Waals surface area contributed by atoms with Crippen LogP contribution < -0.4 is 21.9 Å². The fraction of sp³-hybridized carbons (Fsp3) is 0. The van der Waals surface area contributed by atoms with Crippen LogP contribution in [0.4, 0.5) is 5.69 Å². The number of pyridine rings is 1. The third-order valence-corrected chi connectivity index (χ3v) is 2.17. The molecule has 102 valence electrons. The number of hydrogen-bond donors (Lipinski definition) is 3. The summed E-state index contributed by atoms with van der Waals surface area (Å²) in [6.07, 6.45) is 1.65. The lowest BCUT2D eigenvalue weighted by Crippen LogP contribution is -2.26. The minimum Gasteiger partial charge on any atom is -0.439 e. The largest absolute Gasteiger partial charge is 0.439 e. The first kappa shape index (κ1) is 13.3. The van der Waals surface area contributed by atoms with Crippen molar-refractivity contribution >= 4 is 17.6 Å². The summed E-state index contributed by atoms with van der Waals surface area (Å²) < 4.78 is 5.58. The van der Waals surface area contributed by atoms with Gasteiger partial charge in [0.15, 0.2) is 5.96 Å². The normalized spacial score (nSPS) is 10.9. The monoisotopic (exact) mass is 270 g/mol. The molecule has 20 heavy (non-hydrogen) atoms. The highest BCUT2D eigenvalue weighted by atomic mass is 16.5. The molecule has 2 aromatic rings. The average Bonchev–Trinajstić information content (AvgIpc) is 2.39. The SMILES string of the molecule is NC(N)=NC(N)=Nc1cccc(Oc2ccccn2)c1. The Hall–Kier alpha value is -3.09. The Labute approximate surface area is 115 Å². The van der Waals surface area contributed by atoms with Gasteiger partial charge in [0, 0.05) is 18.3 Å². The summed E-state index contributed by atoms with van der Waals surface area (Å²) in [7, 11) is 0. The summed E-state index contributed by atoms with van der Waals surface area (Å²) in [6, 6.07) is 12.4. The van der Waals surface area contributed by atoms with Gasteiger partial charge >= 0.3 is 0 Å². The highest BCUT2D eigenvalue weighted by Crippen LogP contribution is 2.23. The van der Waals surface area contributed by atoms with Crippen LogP contribution in [0.5, 0.6) is 11.6 Å². The average molecular weight is 270 g/mol. The molecule has 7 nitrogen and oxygen atoms in total. The number of hydrogen-bond acceptors (Lipinski definition) is 3. The fourth-order valence-corrected chi connectivity index (χ4v) is 1.43. The second kappa shape index (κ2) is 6.19. The van der Waals surface area contributed by atoms with E-state index in [1.54, 1.807) is 36.5 Å². The zero-order valence-corrected chi connectivity index (χ0v) is 10.6. The molecule has 1 aromatic carbocycles. The Kier molecular flexibility index (Phi) is 4.13. The van der Waals surface area contributed by atoms with Crippen molar-refractivity contribution in [3.63, 3.8) is 0 Å². The summed E-state index contributed by atoms with van der Waals surface area (Å²) in [5.41, 5.74) is 16.6. The van der Waals surface area contributed by atoms with Gasteiger partial charge in [0.25, 0.3) is 0 Å². The molecule has 0 spiro atoms. The molecular weight excluding hydrogens is 256 g/mol. The minimum atomic E-state index is -0.146. The molecule has 0 fully saturated rings. The molecule has 0 saturated heterocycles. The molecule has 0 bridgehead atoms. The van der Waals surface area contributed by atoms with Gasteiger partial charge in [-0.1, -0.05) is 12.1 Å². The lowest BCUT2D eigenvalue weighted by atomic mass is 10.3. The second-order valence-corrected chi connectivity index (χ2v) is 3.77. The van der Waals surface area contributed by atoms with Crippen molar-refractivity contribution in [2.24, 2.45) is 27.2 Å². The van der Waals surface area contributed by atoms with Gasteiger partial charge in [0.05, 0.1) is 5.69 Å². The fourth-order valence-electron chi connectivity index (χ4n) is 1.43. The Morgan fingerprint density at radius 3 is 2.60 bits per heavy atom. The third kappa shape index (κ3) is 3.98. The zero-order valence-electron chi connectivity index (χ0n) is 10.6. The van der Waals surface area contributed by atoms with Gasteiger partial charge in [-0.2, -0.15) is 4.99 Å². The van der Waals surface area contributed by atoms with Crippen molar-refractivity contribution in [2.75, 3.05) is 0 Å². The van der Waals surface area contributed by atoms with Crippen molar-refractivity contribution < 1.29 is 4.74 Å². The van der Waals surface area contributed by atoms with Crippen LogP contribution in [0, 0.1) is 0 Å². The Bertz CT molecular complexity index is 634. The second-order valence-electron chi connectivity index (χ2n) is 3.77. The van der Waals surface area contributed by atoms with Gasteiger partial charge in [-0.25, -0.2) is 9.98 Å².